The molecule has 3 heteroatoms. The van der Waals surface area contributed by atoms with Crippen LogP contribution in [0, 0.1) is 0 Å². The van der Waals surface area contributed by atoms with Gasteiger partial charge >= 0.3 is 0 Å². The van der Waals surface area contributed by atoms with Gasteiger partial charge in [-0.2, -0.15) is 0 Å². The number of H-pyrrole nitrogens is 1. The van der Waals surface area contributed by atoms with E-state index in [0.29, 0.717) is 18.6 Å². The molecule has 0 bridgehead atoms. The van der Waals surface area contributed by atoms with Crippen LogP contribution < -0.4 is 0 Å². The highest BCUT2D eigenvalue weighted by atomic mass is 16.1. The van der Waals surface area contributed by atoms with Gasteiger partial charge in [0.05, 0.1) is 6.54 Å². The van der Waals surface area contributed by atoms with Crippen molar-refractivity contribution < 1.29 is 4.79 Å². The maximum atomic E-state index is 12.6. The van der Waals surface area contributed by atoms with Crippen LogP contribution in [0.4, 0.5) is 0 Å². The number of benzene rings is 1. The summed E-state index contributed by atoms with van der Waals surface area (Å²) in [6, 6.07) is 9.02. The number of aromatic amines is 1. The van der Waals surface area contributed by atoms with Gasteiger partial charge in [-0.25, -0.2) is 0 Å². The topological polar surface area (TPSA) is 36.1 Å². The van der Waals surface area contributed by atoms with Gasteiger partial charge in [-0.15, -0.1) is 0 Å². The quantitative estimate of drug-likeness (QED) is 0.865. The first-order valence-electron chi connectivity index (χ1n) is 7.52. The summed E-state index contributed by atoms with van der Waals surface area (Å²) < 4.78 is 0. The van der Waals surface area contributed by atoms with Crippen molar-refractivity contribution in [2.75, 3.05) is 6.54 Å². The van der Waals surface area contributed by atoms with E-state index in [-0.39, 0.29) is 5.78 Å². The fourth-order valence-corrected chi connectivity index (χ4v) is 3.34. The summed E-state index contributed by atoms with van der Waals surface area (Å²) in [6.45, 7) is 5.00. The summed E-state index contributed by atoms with van der Waals surface area (Å²) >= 11 is 0. The highest BCUT2D eigenvalue weighted by Gasteiger charge is 2.27. The maximum absolute atomic E-state index is 12.6. The summed E-state index contributed by atoms with van der Waals surface area (Å²) in [5.74, 6) is 0.225. The van der Waals surface area contributed by atoms with Gasteiger partial charge in [0.25, 0.3) is 0 Å². The lowest BCUT2D eigenvalue weighted by Crippen LogP contribution is -2.46. The number of hydrogen-bond donors (Lipinski definition) is 1. The van der Waals surface area contributed by atoms with Crippen LogP contribution in [0.15, 0.2) is 30.5 Å². The third-order valence-corrected chi connectivity index (χ3v) is 4.59. The van der Waals surface area contributed by atoms with Crippen LogP contribution in [0.5, 0.6) is 0 Å². The SMILES string of the molecule is C[C@@H]1CCC[C@H](C)N1CC(=O)c1c[nH]c2ccccc12. The van der Waals surface area contributed by atoms with Crippen molar-refractivity contribution in [1.29, 1.82) is 0 Å². The molecule has 1 aliphatic heterocycles. The second-order valence-corrected chi connectivity index (χ2v) is 5.97. The van der Waals surface area contributed by atoms with Crippen LogP contribution in [0.2, 0.25) is 0 Å². The van der Waals surface area contributed by atoms with E-state index in [2.05, 4.69) is 23.7 Å². The summed E-state index contributed by atoms with van der Waals surface area (Å²) in [4.78, 5) is 18.2. The first-order chi connectivity index (χ1) is 9.66. The number of likely N-dealkylation sites (tertiary alicyclic amines) is 1. The lowest BCUT2D eigenvalue weighted by atomic mass is 9.96. The molecule has 0 spiro atoms. The van der Waals surface area contributed by atoms with Gasteiger partial charge in [0.1, 0.15) is 0 Å². The van der Waals surface area contributed by atoms with Gasteiger partial charge in [-0.3, -0.25) is 9.69 Å². The molecule has 3 nitrogen and oxygen atoms in total. The van der Waals surface area contributed by atoms with Crippen molar-refractivity contribution in [3.05, 3.63) is 36.0 Å². The predicted octanol–water partition coefficient (Wildman–Crippen LogP) is 3.61. The number of fused-ring (bicyclic) bond motifs is 1. The minimum Gasteiger partial charge on any atom is -0.360 e. The van der Waals surface area contributed by atoms with E-state index < -0.39 is 0 Å². The number of ketones is 1. The Labute approximate surface area is 120 Å². The molecule has 1 fully saturated rings. The molecule has 106 valence electrons. The molecule has 0 aliphatic carbocycles. The molecule has 0 radical (unpaired) electrons. The predicted molar refractivity (Wildman–Crippen MR) is 82.1 cm³/mol. The van der Waals surface area contributed by atoms with Crippen LogP contribution in [0.25, 0.3) is 10.9 Å². The maximum Gasteiger partial charge on any atom is 0.178 e. The Hall–Kier alpha value is -1.61. The number of rotatable bonds is 3. The van der Waals surface area contributed by atoms with Gasteiger partial charge in [0.15, 0.2) is 5.78 Å². The molecule has 2 aromatic rings. The normalized spacial score (nSPS) is 24.1. The van der Waals surface area contributed by atoms with Crippen LogP contribution in [0.3, 0.4) is 0 Å². The average molecular weight is 270 g/mol. The van der Waals surface area contributed by atoms with Gasteiger partial charge in [-0.05, 0) is 32.8 Å². The van der Waals surface area contributed by atoms with E-state index in [9.17, 15) is 4.79 Å². The minimum absolute atomic E-state index is 0.225. The second kappa shape index (κ2) is 5.41. The van der Waals surface area contributed by atoms with Crippen LogP contribution in [-0.2, 0) is 0 Å². The van der Waals surface area contributed by atoms with E-state index in [1.165, 1.54) is 19.3 Å². The molecule has 3 rings (SSSR count). The number of para-hydroxylation sites is 1. The van der Waals surface area contributed by atoms with Gasteiger partial charge < -0.3 is 4.98 Å². The molecule has 0 amide bonds. The number of nitrogens with one attached hydrogen (secondary N) is 1. The summed E-state index contributed by atoms with van der Waals surface area (Å²) in [5.41, 5.74) is 1.86. The zero-order valence-corrected chi connectivity index (χ0v) is 12.2. The van der Waals surface area contributed by atoms with Gasteiger partial charge in [0.2, 0.25) is 0 Å². The molecule has 2 atom stereocenters. The molecule has 1 aromatic carbocycles. The second-order valence-electron chi connectivity index (χ2n) is 5.97. The number of nitrogens with zero attached hydrogens (tertiary/aromatic N) is 1. The number of piperidine rings is 1. The Balaban J connectivity index is 1.82. The highest BCUT2D eigenvalue weighted by Crippen LogP contribution is 2.24. The summed E-state index contributed by atoms with van der Waals surface area (Å²) in [6.07, 6.45) is 5.53. The van der Waals surface area contributed by atoms with E-state index in [4.69, 9.17) is 0 Å². The monoisotopic (exact) mass is 270 g/mol. The molecule has 20 heavy (non-hydrogen) atoms. The zero-order valence-electron chi connectivity index (χ0n) is 12.2. The number of carbonyl (C=O) groups is 1. The van der Waals surface area contributed by atoms with Crippen molar-refractivity contribution in [2.45, 2.75) is 45.2 Å². The Morgan fingerprint density at radius 2 is 1.95 bits per heavy atom. The van der Waals surface area contributed by atoms with E-state index in [1.807, 2.05) is 30.5 Å². The average Bonchev–Trinajstić information content (AvgIpc) is 2.87. The number of hydrogen-bond acceptors (Lipinski definition) is 2. The Bertz CT molecular complexity index is 606. The van der Waals surface area contributed by atoms with E-state index >= 15 is 0 Å². The highest BCUT2D eigenvalue weighted by molar-refractivity contribution is 6.08. The molecule has 1 N–H and O–H groups in total. The lowest BCUT2D eigenvalue weighted by Gasteiger charge is -2.38. The first kappa shape index (κ1) is 13.4. The molecule has 1 aromatic heterocycles. The molecular formula is C17H22N2O. The molecule has 1 aliphatic rings. The van der Waals surface area contributed by atoms with Gasteiger partial charge in [-0.1, -0.05) is 24.6 Å². The Morgan fingerprint density at radius 3 is 2.70 bits per heavy atom. The Morgan fingerprint density at radius 1 is 1.25 bits per heavy atom. The standard InChI is InChI=1S/C17H22N2O/c1-12-6-5-7-13(2)19(12)11-17(20)15-10-18-16-9-4-3-8-14(15)16/h3-4,8-10,12-13,18H,5-7,11H2,1-2H3/t12-,13+. The minimum atomic E-state index is 0.225. The van der Waals surface area contributed by atoms with Crippen molar-refractivity contribution >= 4 is 16.7 Å². The van der Waals surface area contributed by atoms with E-state index in [1.54, 1.807) is 0 Å². The molecule has 2 heterocycles. The fraction of sp³-hybridized carbons (Fsp3) is 0.471. The van der Waals surface area contributed by atoms with Crippen molar-refractivity contribution in [2.24, 2.45) is 0 Å². The third kappa shape index (κ3) is 2.38. The molecule has 0 saturated carbocycles. The van der Waals surface area contributed by atoms with Crippen LogP contribution >= 0.6 is 0 Å². The van der Waals surface area contributed by atoms with Crippen LogP contribution in [-0.4, -0.2) is 34.3 Å². The Kier molecular flexibility index (Phi) is 3.62. The van der Waals surface area contributed by atoms with Crippen molar-refractivity contribution in [3.63, 3.8) is 0 Å². The molecule has 0 unspecified atom stereocenters. The largest absolute Gasteiger partial charge is 0.360 e. The lowest BCUT2D eigenvalue weighted by molar-refractivity contribution is 0.0736. The summed E-state index contributed by atoms with van der Waals surface area (Å²) in [7, 11) is 0. The number of Topliss-reactive ketones (excluding diaryl/α,β-unsaturated/α-hetero) is 1. The van der Waals surface area contributed by atoms with Crippen molar-refractivity contribution in [1.82, 2.24) is 9.88 Å². The van der Waals surface area contributed by atoms with E-state index in [0.717, 1.165) is 16.5 Å². The number of carbonyl (C=O) groups excluding carboxylic acids is 1. The molecule has 1 saturated heterocycles. The summed E-state index contributed by atoms with van der Waals surface area (Å²) in [5, 5.41) is 1.04. The third-order valence-electron chi connectivity index (χ3n) is 4.59. The smallest absolute Gasteiger partial charge is 0.178 e. The molecular weight excluding hydrogens is 248 g/mol. The first-order valence-corrected chi connectivity index (χ1v) is 7.52. The van der Waals surface area contributed by atoms with Gasteiger partial charge in [0, 0.05) is 34.7 Å². The van der Waals surface area contributed by atoms with Crippen molar-refractivity contribution in [3.8, 4) is 0 Å². The van der Waals surface area contributed by atoms with Crippen LogP contribution in [0.1, 0.15) is 43.5 Å². The fourth-order valence-electron chi connectivity index (χ4n) is 3.34. The zero-order chi connectivity index (χ0) is 14.1. The number of aromatic nitrogens is 1.